The van der Waals surface area contributed by atoms with Crippen molar-refractivity contribution in [1.29, 1.82) is 0 Å². The number of carbonyl (C=O) groups is 1. The van der Waals surface area contributed by atoms with Crippen molar-refractivity contribution in [2.75, 3.05) is 44.3 Å². The first-order chi connectivity index (χ1) is 9.75. The Bertz CT molecular complexity index is 617. The van der Waals surface area contributed by atoms with E-state index >= 15 is 0 Å². The van der Waals surface area contributed by atoms with Crippen LogP contribution in [0.2, 0.25) is 0 Å². The molecular formula is C12H21N5O3S. The van der Waals surface area contributed by atoms with E-state index in [0.717, 1.165) is 5.69 Å². The second kappa shape index (κ2) is 6.12. The zero-order valence-electron chi connectivity index (χ0n) is 12.5. The first-order valence-corrected chi connectivity index (χ1v) is 8.58. The van der Waals surface area contributed by atoms with Gasteiger partial charge in [-0.25, -0.2) is 8.42 Å². The Balaban J connectivity index is 1.83. The van der Waals surface area contributed by atoms with E-state index in [4.69, 9.17) is 0 Å². The number of aryl methyl sites for hydroxylation is 2. The maximum atomic E-state index is 12.0. The van der Waals surface area contributed by atoms with Gasteiger partial charge in [0.2, 0.25) is 15.9 Å². The molecule has 1 aliphatic heterocycles. The van der Waals surface area contributed by atoms with Gasteiger partial charge in [-0.15, -0.1) is 0 Å². The number of nitrogens with zero attached hydrogens (tertiary/aromatic N) is 4. The predicted molar refractivity (Wildman–Crippen MR) is 79.4 cm³/mol. The minimum absolute atomic E-state index is 0.120. The third-order valence-electron chi connectivity index (χ3n) is 3.44. The van der Waals surface area contributed by atoms with Crippen LogP contribution in [-0.4, -0.2) is 72.3 Å². The average Bonchev–Trinajstić information content (AvgIpc) is 2.67. The molecule has 0 aromatic carbocycles. The normalized spacial score (nSPS) is 17.9. The molecule has 118 valence electrons. The topological polar surface area (TPSA) is 87.5 Å². The van der Waals surface area contributed by atoms with Gasteiger partial charge in [-0.3, -0.25) is 14.4 Å². The summed E-state index contributed by atoms with van der Waals surface area (Å²) < 4.78 is 25.9. The number of amides is 1. The van der Waals surface area contributed by atoms with Gasteiger partial charge in [0.25, 0.3) is 0 Å². The summed E-state index contributed by atoms with van der Waals surface area (Å²) in [5.41, 5.74) is 0.842. The number of piperazine rings is 1. The van der Waals surface area contributed by atoms with Crippen molar-refractivity contribution >= 4 is 21.7 Å². The quantitative estimate of drug-likeness (QED) is 0.789. The molecule has 1 N–H and O–H groups in total. The maximum Gasteiger partial charge on any atom is 0.239 e. The van der Waals surface area contributed by atoms with Gasteiger partial charge < -0.3 is 5.32 Å². The first-order valence-electron chi connectivity index (χ1n) is 6.73. The van der Waals surface area contributed by atoms with Crippen molar-refractivity contribution in [2.24, 2.45) is 7.05 Å². The molecule has 2 heterocycles. The molecule has 1 aromatic heterocycles. The highest BCUT2D eigenvalue weighted by atomic mass is 32.2. The summed E-state index contributed by atoms with van der Waals surface area (Å²) in [5.74, 6) is 0.540. The number of nitrogens with one attached hydrogen (secondary N) is 1. The molecule has 1 fully saturated rings. The van der Waals surface area contributed by atoms with Crippen molar-refractivity contribution in [3.05, 3.63) is 11.8 Å². The van der Waals surface area contributed by atoms with Gasteiger partial charge in [-0.1, -0.05) is 0 Å². The Morgan fingerprint density at radius 3 is 2.43 bits per heavy atom. The monoisotopic (exact) mass is 315 g/mol. The highest BCUT2D eigenvalue weighted by molar-refractivity contribution is 7.88. The third-order valence-corrected chi connectivity index (χ3v) is 4.74. The molecule has 9 heteroatoms. The summed E-state index contributed by atoms with van der Waals surface area (Å²) in [6, 6.07) is 1.81. The summed E-state index contributed by atoms with van der Waals surface area (Å²) in [4.78, 5) is 13.9. The lowest BCUT2D eigenvalue weighted by Crippen LogP contribution is -2.50. The van der Waals surface area contributed by atoms with Gasteiger partial charge in [0.05, 0.1) is 18.5 Å². The predicted octanol–water partition coefficient (Wildman–Crippen LogP) is -0.756. The standard InChI is InChI=1S/C12H21N5O3S/c1-10-8-11(15(2)14-10)13-12(18)9-16-4-6-17(7-5-16)21(3,19)20/h8H,4-7,9H2,1-3H3,(H,13,18). The number of sulfonamides is 1. The molecule has 1 saturated heterocycles. The molecule has 0 unspecified atom stereocenters. The van der Waals surface area contributed by atoms with E-state index in [1.807, 2.05) is 11.8 Å². The molecule has 1 aliphatic rings. The molecule has 0 radical (unpaired) electrons. The molecule has 1 aromatic rings. The Morgan fingerprint density at radius 2 is 1.95 bits per heavy atom. The zero-order valence-corrected chi connectivity index (χ0v) is 13.4. The lowest BCUT2D eigenvalue weighted by atomic mass is 10.3. The highest BCUT2D eigenvalue weighted by Crippen LogP contribution is 2.09. The lowest BCUT2D eigenvalue weighted by molar-refractivity contribution is -0.117. The molecular weight excluding hydrogens is 294 g/mol. The second-order valence-electron chi connectivity index (χ2n) is 5.28. The Labute approximate surface area is 124 Å². The van der Waals surface area contributed by atoms with E-state index < -0.39 is 10.0 Å². The van der Waals surface area contributed by atoms with Crippen LogP contribution in [0.5, 0.6) is 0 Å². The Kier molecular flexibility index (Phi) is 4.64. The van der Waals surface area contributed by atoms with E-state index in [0.29, 0.717) is 32.0 Å². The summed E-state index contributed by atoms with van der Waals surface area (Å²) >= 11 is 0. The fraction of sp³-hybridized carbons (Fsp3) is 0.667. The minimum atomic E-state index is -3.13. The van der Waals surface area contributed by atoms with Gasteiger partial charge in [0.15, 0.2) is 0 Å². The summed E-state index contributed by atoms with van der Waals surface area (Å²) in [5, 5.41) is 6.97. The lowest BCUT2D eigenvalue weighted by Gasteiger charge is -2.32. The number of carbonyl (C=O) groups excluding carboxylic acids is 1. The van der Waals surface area contributed by atoms with Crippen molar-refractivity contribution in [1.82, 2.24) is 19.0 Å². The minimum Gasteiger partial charge on any atom is -0.310 e. The van der Waals surface area contributed by atoms with Gasteiger partial charge in [-0.05, 0) is 6.92 Å². The van der Waals surface area contributed by atoms with Gasteiger partial charge in [0, 0.05) is 39.3 Å². The molecule has 0 saturated carbocycles. The maximum absolute atomic E-state index is 12.0. The Hall–Kier alpha value is -1.45. The van der Waals surface area contributed by atoms with Crippen molar-refractivity contribution < 1.29 is 13.2 Å². The van der Waals surface area contributed by atoms with E-state index in [9.17, 15) is 13.2 Å². The summed E-state index contributed by atoms with van der Waals surface area (Å²) in [6.45, 7) is 4.09. The van der Waals surface area contributed by atoms with Crippen molar-refractivity contribution in [3.8, 4) is 0 Å². The van der Waals surface area contributed by atoms with Crippen LogP contribution in [0, 0.1) is 6.92 Å². The molecule has 0 spiro atoms. The molecule has 2 rings (SSSR count). The van der Waals surface area contributed by atoms with Gasteiger partial charge in [0.1, 0.15) is 5.82 Å². The highest BCUT2D eigenvalue weighted by Gasteiger charge is 2.24. The van der Waals surface area contributed by atoms with Crippen LogP contribution in [0.25, 0.3) is 0 Å². The first kappa shape index (κ1) is 15.9. The van der Waals surface area contributed by atoms with E-state index in [1.165, 1.54) is 10.6 Å². The van der Waals surface area contributed by atoms with Gasteiger partial charge in [-0.2, -0.15) is 9.40 Å². The number of anilines is 1. The molecule has 0 atom stereocenters. The van der Waals surface area contributed by atoms with Crippen LogP contribution in [0.15, 0.2) is 6.07 Å². The van der Waals surface area contributed by atoms with Crippen LogP contribution in [-0.2, 0) is 21.9 Å². The Morgan fingerprint density at radius 1 is 1.33 bits per heavy atom. The van der Waals surface area contributed by atoms with Gasteiger partial charge >= 0.3 is 0 Å². The zero-order chi connectivity index (χ0) is 15.6. The number of rotatable bonds is 4. The SMILES string of the molecule is Cc1cc(NC(=O)CN2CCN(S(C)(=O)=O)CC2)n(C)n1. The number of hydrogen-bond acceptors (Lipinski definition) is 5. The number of aromatic nitrogens is 2. The van der Waals surface area contributed by atoms with Crippen LogP contribution >= 0.6 is 0 Å². The van der Waals surface area contributed by atoms with Crippen LogP contribution in [0.1, 0.15) is 5.69 Å². The average molecular weight is 315 g/mol. The summed E-state index contributed by atoms with van der Waals surface area (Å²) in [6.07, 6.45) is 1.21. The molecule has 21 heavy (non-hydrogen) atoms. The van der Waals surface area contributed by atoms with Crippen molar-refractivity contribution in [3.63, 3.8) is 0 Å². The fourth-order valence-electron chi connectivity index (χ4n) is 2.33. The van der Waals surface area contributed by atoms with E-state index in [2.05, 4.69) is 10.4 Å². The molecule has 0 bridgehead atoms. The molecule has 0 aliphatic carbocycles. The van der Waals surface area contributed by atoms with E-state index in [1.54, 1.807) is 17.8 Å². The summed E-state index contributed by atoms with van der Waals surface area (Å²) in [7, 11) is -1.36. The van der Waals surface area contributed by atoms with Crippen LogP contribution < -0.4 is 5.32 Å². The molecule has 8 nitrogen and oxygen atoms in total. The van der Waals surface area contributed by atoms with Crippen LogP contribution in [0.3, 0.4) is 0 Å². The number of hydrogen-bond donors (Lipinski definition) is 1. The third kappa shape index (κ3) is 4.26. The van der Waals surface area contributed by atoms with E-state index in [-0.39, 0.29) is 12.5 Å². The largest absolute Gasteiger partial charge is 0.310 e. The molecule has 1 amide bonds. The smallest absolute Gasteiger partial charge is 0.239 e. The second-order valence-corrected chi connectivity index (χ2v) is 7.26. The van der Waals surface area contributed by atoms with Crippen molar-refractivity contribution in [2.45, 2.75) is 6.92 Å². The fourth-order valence-corrected chi connectivity index (χ4v) is 3.16. The van der Waals surface area contributed by atoms with Crippen LogP contribution in [0.4, 0.5) is 5.82 Å².